The average Bonchev–Trinajstić information content (AvgIpc) is 2.55. The molecule has 0 spiro atoms. The van der Waals surface area contributed by atoms with Crippen LogP contribution in [-0.2, 0) is 10.0 Å². The highest BCUT2D eigenvalue weighted by Crippen LogP contribution is 2.17. The molecule has 0 aliphatic rings. The zero-order valence-corrected chi connectivity index (χ0v) is 14.2. The molecule has 2 rings (SSSR count). The first-order chi connectivity index (χ1) is 10.8. The molecule has 5 nitrogen and oxygen atoms in total. The van der Waals surface area contributed by atoms with Crippen molar-refractivity contribution >= 4 is 21.6 Å². The molecular weight excluding hydrogens is 312 g/mol. The summed E-state index contributed by atoms with van der Waals surface area (Å²) in [5, 5.41) is 0. The Hall–Kier alpha value is -2.34. The summed E-state index contributed by atoms with van der Waals surface area (Å²) < 4.78 is 27.2. The molecular formula is C17H20N2O3S. The maximum atomic E-state index is 12.4. The maximum Gasteiger partial charge on any atom is 0.261 e. The van der Waals surface area contributed by atoms with Crippen LogP contribution in [0.25, 0.3) is 0 Å². The summed E-state index contributed by atoms with van der Waals surface area (Å²) in [7, 11) is -1.97. The van der Waals surface area contributed by atoms with Crippen molar-refractivity contribution in [2.45, 2.75) is 18.7 Å². The summed E-state index contributed by atoms with van der Waals surface area (Å²) in [4.78, 5) is 13.7. The maximum absolute atomic E-state index is 12.4. The normalized spacial score (nSPS) is 11.1. The lowest BCUT2D eigenvalue weighted by atomic mass is 10.2. The van der Waals surface area contributed by atoms with Gasteiger partial charge < -0.3 is 4.90 Å². The number of carbonyl (C=O) groups excluding carboxylic acids is 1. The van der Waals surface area contributed by atoms with Gasteiger partial charge in [-0.25, -0.2) is 8.42 Å². The van der Waals surface area contributed by atoms with Crippen molar-refractivity contribution in [1.29, 1.82) is 0 Å². The first kappa shape index (κ1) is 17.0. The van der Waals surface area contributed by atoms with Gasteiger partial charge in [0.2, 0.25) is 0 Å². The smallest absolute Gasteiger partial charge is 0.261 e. The standard InChI is InChI=1S/C17H20N2O3S/c1-4-19(3)17(20)14-7-11-16(12-8-14)23(21,22)18-15-9-5-13(2)6-10-15/h5-12,18H,4H2,1-3H3. The van der Waals surface area contributed by atoms with Crippen molar-refractivity contribution in [2.75, 3.05) is 18.3 Å². The number of nitrogens with zero attached hydrogens (tertiary/aromatic N) is 1. The molecule has 1 amide bonds. The number of sulfonamides is 1. The summed E-state index contributed by atoms with van der Waals surface area (Å²) >= 11 is 0. The van der Waals surface area contributed by atoms with Gasteiger partial charge in [0.05, 0.1) is 4.90 Å². The second-order valence-electron chi connectivity index (χ2n) is 5.32. The van der Waals surface area contributed by atoms with Crippen LogP contribution in [-0.4, -0.2) is 32.8 Å². The van der Waals surface area contributed by atoms with E-state index in [4.69, 9.17) is 0 Å². The number of rotatable bonds is 5. The fourth-order valence-electron chi connectivity index (χ4n) is 1.98. The van der Waals surface area contributed by atoms with E-state index in [2.05, 4.69) is 4.72 Å². The average molecular weight is 332 g/mol. The highest BCUT2D eigenvalue weighted by Gasteiger charge is 2.16. The molecule has 0 saturated heterocycles. The molecule has 6 heteroatoms. The number of carbonyl (C=O) groups is 1. The highest BCUT2D eigenvalue weighted by molar-refractivity contribution is 7.92. The van der Waals surface area contributed by atoms with Crippen LogP contribution in [0.5, 0.6) is 0 Å². The zero-order chi connectivity index (χ0) is 17.0. The fraction of sp³-hybridized carbons (Fsp3) is 0.235. The quantitative estimate of drug-likeness (QED) is 0.915. The number of nitrogens with one attached hydrogen (secondary N) is 1. The number of hydrogen-bond acceptors (Lipinski definition) is 3. The van der Waals surface area contributed by atoms with Gasteiger partial charge in [-0.05, 0) is 50.2 Å². The topological polar surface area (TPSA) is 66.5 Å². The van der Waals surface area contributed by atoms with Crippen LogP contribution in [0.2, 0.25) is 0 Å². The Morgan fingerprint density at radius 3 is 2.13 bits per heavy atom. The Kier molecular flexibility index (Phi) is 5.05. The molecule has 122 valence electrons. The molecule has 0 atom stereocenters. The minimum absolute atomic E-state index is 0.119. The van der Waals surface area contributed by atoms with E-state index in [0.29, 0.717) is 17.8 Å². The van der Waals surface area contributed by atoms with Gasteiger partial charge in [-0.1, -0.05) is 17.7 Å². The van der Waals surface area contributed by atoms with E-state index in [1.165, 1.54) is 24.3 Å². The predicted molar refractivity (Wildman–Crippen MR) is 91.1 cm³/mol. The molecule has 0 unspecified atom stereocenters. The van der Waals surface area contributed by atoms with E-state index in [0.717, 1.165) is 5.56 Å². The third-order valence-electron chi connectivity index (χ3n) is 3.54. The first-order valence-electron chi connectivity index (χ1n) is 7.28. The van der Waals surface area contributed by atoms with Gasteiger partial charge in [0.15, 0.2) is 0 Å². The summed E-state index contributed by atoms with van der Waals surface area (Å²) in [6.07, 6.45) is 0. The monoisotopic (exact) mass is 332 g/mol. The molecule has 0 heterocycles. The van der Waals surface area contributed by atoms with Crippen molar-refractivity contribution < 1.29 is 13.2 Å². The van der Waals surface area contributed by atoms with E-state index < -0.39 is 10.0 Å². The van der Waals surface area contributed by atoms with E-state index >= 15 is 0 Å². The Labute approximate surface area is 137 Å². The zero-order valence-electron chi connectivity index (χ0n) is 13.4. The van der Waals surface area contributed by atoms with Gasteiger partial charge in [0.25, 0.3) is 15.9 Å². The van der Waals surface area contributed by atoms with Crippen LogP contribution in [0.15, 0.2) is 53.4 Å². The number of anilines is 1. The fourth-order valence-corrected chi connectivity index (χ4v) is 3.03. The van der Waals surface area contributed by atoms with Gasteiger partial charge in [0, 0.05) is 24.8 Å². The van der Waals surface area contributed by atoms with Crippen molar-refractivity contribution in [3.05, 3.63) is 59.7 Å². The van der Waals surface area contributed by atoms with Gasteiger partial charge in [-0.2, -0.15) is 0 Å². The van der Waals surface area contributed by atoms with Crippen molar-refractivity contribution in [3.8, 4) is 0 Å². The van der Waals surface area contributed by atoms with E-state index in [9.17, 15) is 13.2 Å². The predicted octanol–water partition coefficient (Wildman–Crippen LogP) is 2.89. The summed E-state index contributed by atoms with van der Waals surface area (Å²) in [5.74, 6) is -0.136. The van der Waals surface area contributed by atoms with Crippen LogP contribution in [0.4, 0.5) is 5.69 Å². The molecule has 1 N–H and O–H groups in total. The Balaban J connectivity index is 2.20. The summed E-state index contributed by atoms with van der Waals surface area (Å²) in [6, 6.07) is 13.0. The van der Waals surface area contributed by atoms with Crippen LogP contribution in [0.1, 0.15) is 22.8 Å². The number of amides is 1. The van der Waals surface area contributed by atoms with E-state index in [-0.39, 0.29) is 10.8 Å². The molecule has 2 aromatic carbocycles. The molecule has 0 bridgehead atoms. The lowest BCUT2D eigenvalue weighted by Gasteiger charge is -2.14. The number of aryl methyl sites for hydroxylation is 1. The van der Waals surface area contributed by atoms with Crippen molar-refractivity contribution in [2.24, 2.45) is 0 Å². The molecule has 2 aromatic rings. The molecule has 0 aliphatic carbocycles. The van der Waals surface area contributed by atoms with E-state index in [1.54, 1.807) is 24.1 Å². The molecule has 0 saturated carbocycles. The Morgan fingerprint density at radius 1 is 1.04 bits per heavy atom. The number of hydrogen-bond donors (Lipinski definition) is 1. The summed E-state index contributed by atoms with van der Waals surface area (Å²) in [5.41, 5.74) is 2.01. The summed E-state index contributed by atoms with van der Waals surface area (Å²) in [6.45, 7) is 4.40. The van der Waals surface area contributed by atoms with Gasteiger partial charge in [-0.15, -0.1) is 0 Å². The van der Waals surface area contributed by atoms with E-state index in [1.807, 2.05) is 26.0 Å². The Morgan fingerprint density at radius 2 is 1.61 bits per heavy atom. The molecule has 0 aliphatic heterocycles. The molecule has 0 radical (unpaired) electrons. The van der Waals surface area contributed by atoms with Crippen LogP contribution in [0.3, 0.4) is 0 Å². The lowest BCUT2D eigenvalue weighted by molar-refractivity contribution is 0.0802. The third-order valence-corrected chi connectivity index (χ3v) is 4.93. The minimum Gasteiger partial charge on any atom is -0.342 e. The largest absolute Gasteiger partial charge is 0.342 e. The SMILES string of the molecule is CCN(C)C(=O)c1ccc(S(=O)(=O)Nc2ccc(C)cc2)cc1. The number of benzene rings is 2. The molecule has 0 aromatic heterocycles. The van der Waals surface area contributed by atoms with Crippen molar-refractivity contribution in [1.82, 2.24) is 4.90 Å². The van der Waals surface area contributed by atoms with Crippen molar-refractivity contribution in [3.63, 3.8) is 0 Å². The molecule has 0 fully saturated rings. The molecule has 23 heavy (non-hydrogen) atoms. The van der Waals surface area contributed by atoms with Gasteiger partial charge in [-0.3, -0.25) is 9.52 Å². The second-order valence-corrected chi connectivity index (χ2v) is 7.00. The second kappa shape index (κ2) is 6.83. The van der Waals surface area contributed by atoms with Crippen LogP contribution >= 0.6 is 0 Å². The lowest BCUT2D eigenvalue weighted by Crippen LogP contribution is -2.26. The Bertz CT molecular complexity index is 782. The highest BCUT2D eigenvalue weighted by atomic mass is 32.2. The third kappa shape index (κ3) is 4.10. The van der Waals surface area contributed by atoms with Gasteiger partial charge in [0.1, 0.15) is 0 Å². The first-order valence-corrected chi connectivity index (χ1v) is 8.77. The van der Waals surface area contributed by atoms with Crippen LogP contribution in [0, 0.1) is 6.92 Å². The van der Waals surface area contributed by atoms with Gasteiger partial charge >= 0.3 is 0 Å². The van der Waals surface area contributed by atoms with Crippen LogP contribution < -0.4 is 4.72 Å². The minimum atomic E-state index is -3.67.